The highest BCUT2D eigenvalue weighted by Crippen LogP contribution is 2.22. The third-order valence-corrected chi connectivity index (χ3v) is 6.29. The van der Waals surface area contributed by atoms with Crippen LogP contribution in [0, 0.1) is 13.8 Å². The smallest absolute Gasteiger partial charge is 0.261 e. The zero-order valence-corrected chi connectivity index (χ0v) is 19.2. The number of nitrogens with one attached hydrogen (secondary N) is 1. The summed E-state index contributed by atoms with van der Waals surface area (Å²) in [6, 6.07) is 12.7. The van der Waals surface area contributed by atoms with Crippen LogP contribution in [-0.2, 0) is 16.1 Å². The lowest BCUT2D eigenvalue weighted by molar-refractivity contribution is -0.142. The second-order valence-electron chi connectivity index (χ2n) is 8.30. The number of hydrogen-bond donors (Lipinski definition) is 1. The average Bonchev–Trinajstić information content (AvgIpc) is 3.26. The molecular weight excluding hydrogens is 412 g/mol. The van der Waals surface area contributed by atoms with Crippen LogP contribution in [0.25, 0.3) is 0 Å². The molecule has 1 fully saturated rings. The fourth-order valence-electron chi connectivity index (χ4n) is 3.86. The molecule has 5 nitrogen and oxygen atoms in total. The van der Waals surface area contributed by atoms with Crippen LogP contribution in [0.15, 0.2) is 42.5 Å². The maximum atomic E-state index is 13.2. The van der Waals surface area contributed by atoms with Gasteiger partial charge in [-0.05, 0) is 68.5 Å². The maximum absolute atomic E-state index is 13.2. The third-order valence-electron chi connectivity index (χ3n) is 6.04. The van der Waals surface area contributed by atoms with Gasteiger partial charge in [0.2, 0.25) is 5.91 Å². The number of nitrogens with zero attached hydrogens (tertiary/aromatic N) is 1. The monoisotopic (exact) mass is 442 g/mol. The van der Waals surface area contributed by atoms with Gasteiger partial charge in [0.25, 0.3) is 5.91 Å². The number of hydrogen-bond acceptors (Lipinski definition) is 3. The molecule has 31 heavy (non-hydrogen) atoms. The quantitative estimate of drug-likeness (QED) is 0.638. The van der Waals surface area contributed by atoms with Crippen LogP contribution in [-0.4, -0.2) is 35.4 Å². The minimum atomic E-state index is -0.606. The molecule has 3 rings (SSSR count). The number of benzene rings is 2. The molecule has 2 amide bonds. The van der Waals surface area contributed by atoms with Crippen molar-refractivity contribution in [1.82, 2.24) is 10.2 Å². The van der Waals surface area contributed by atoms with Crippen molar-refractivity contribution in [2.75, 3.05) is 6.61 Å². The number of halogens is 1. The number of amides is 2. The van der Waals surface area contributed by atoms with E-state index in [0.717, 1.165) is 42.4 Å². The van der Waals surface area contributed by atoms with E-state index in [2.05, 4.69) is 5.32 Å². The molecule has 1 aliphatic rings. The SMILES string of the molecule is Cc1cccc(OCC(=O)N(Cc2ccc(Cl)cc2)[C@@H](C)C(=O)NC2CCCC2)c1C. The van der Waals surface area contributed by atoms with Crippen LogP contribution < -0.4 is 10.1 Å². The zero-order valence-electron chi connectivity index (χ0n) is 18.5. The molecule has 0 aromatic heterocycles. The Balaban J connectivity index is 1.73. The van der Waals surface area contributed by atoms with Gasteiger partial charge in [-0.25, -0.2) is 0 Å². The number of carbonyl (C=O) groups is 2. The molecule has 0 heterocycles. The maximum Gasteiger partial charge on any atom is 0.261 e. The van der Waals surface area contributed by atoms with E-state index >= 15 is 0 Å². The number of aryl methyl sites for hydroxylation is 1. The number of ether oxygens (including phenoxy) is 1. The van der Waals surface area contributed by atoms with Crippen LogP contribution in [0.4, 0.5) is 0 Å². The second kappa shape index (κ2) is 10.7. The topological polar surface area (TPSA) is 58.6 Å². The van der Waals surface area contributed by atoms with Gasteiger partial charge >= 0.3 is 0 Å². The van der Waals surface area contributed by atoms with E-state index < -0.39 is 6.04 Å². The van der Waals surface area contributed by atoms with Crippen molar-refractivity contribution in [2.45, 2.75) is 65.1 Å². The first-order chi connectivity index (χ1) is 14.8. The first kappa shape index (κ1) is 23.1. The van der Waals surface area contributed by atoms with Gasteiger partial charge in [0.1, 0.15) is 11.8 Å². The van der Waals surface area contributed by atoms with E-state index in [4.69, 9.17) is 16.3 Å². The van der Waals surface area contributed by atoms with E-state index in [0.29, 0.717) is 17.3 Å². The lowest BCUT2D eigenvalue weighted by Gasteiger charge is -2.29. The van der Waals surface area contributed by atoms with E-state index in [-0.39, 0.29) is 24.5 Å². The predicted octanol–water partition coefficient (Wildman–Crippen LogP) is 4.81. The lowest BCUT2D eigenvalue weighted by atomic mass is 10.1. The summed E-state index contributed by atoms with van der Waals surface area (Å²) in [4.78, 5) is 27.6. The molecule has 1 aliphatic carbocycles. The summed E-state index contributed by atoms with van der Waals surface area (Å²) in [6.07, 6.45) is 4.27. The standard InChI is InChI=1S/C25H31ClN2O3/c1-17-7-6-10-23(18(17)2)31-16-24(29)28(15-20-11-13-21(26)14-12-20)19(3)25(30)27-22-8-4-5-9-22/h6-7,10-14,19,22H,4-5,8-9,15-16H2,1-3H3,(H,27,30)/t19-/m0/s1. The molecule has 0 radical (unpaired) electrons. The van der Waals surface area contributed by atoms with Gasteiger partial charge < -0.3 is 15.0 Å². The lowest BCUT2D eigenvalue weighted by Crippen LogP contribution is -2.50. The highest BCUT2D eigenvalue weighted by molar-refractivity contribution is 6.30. The minimum Gasteiger partial charge on any atom is -0.483 e. The Kier molecular flexibility index (Phi) is 7.97. The molecule has 166 valence electrons. The van der Waals surface area contributed by atoms with Crippen LogP contribution in [0.5, 0.6) is 5.75 Å². The van der Waals surface area contributed by atoms with Crippen molar-refractivity contribution in [3.63, 3.8) is 0 Å². The largest absolute Gasteiger partial charge is 0.483 e. The Morgan fingerprint density at radius 1 is 1.13 bits per heavy atom. The molecule has 6 heteroatoms. The van der Waals surface area contributed by atoms with Gasteiger partial charge in [-0.1, -0.05) is 48.7 Å². The van der Waals surface area contributed by atoms with Crippen LogP contribution >= 0.6 is 11.6 Å². The molecule has 2 aromatic rings. The number of rotatable bonds is 8. The molecular formula is C25H31ClN2O3. The molecule has 1 N–H and O–H groups in total. The Labute approximate surface area is 189 Å². The van der Waals surface area contributed by atoms with Gasteiger partial charge in [-0.3, -0.25) is 9.59 Å². The molecule has 0 bridgehead atoms. The summed E-state index contributed by atoms with van der Waals surface area (Å²) in [5.41, 5.74) is 3.02. The molecule has 1 saturated carbocycles. The summed E-state index contributed by atoms with van der Waals surface area (Å²) in [7, 11) is 0. The summed E-state index contributed by atoms with van der Waals surface area (Å²) < 4.78 is 5.84. The Hall–Kier alpha value is -2.53. The molecule has 1 atom stereocenters. The van der Waals surface area contributed by atoms with Crippen molar-refractivity contribution in [3.05, 3.63) is 64.2 Å². The highest BCUT2D eigenvalue weighted by atomic mass is 35.5. The normalized spacial score (nSPS) is 14.8. The zero-order chi connectivity index (χ0) is 22.4. The Bertz CT molecular complexity index is 907. The van der Waals surface area contributed by atoms with Crippen molar-refractivity contribution >= 4 is 23.4 Å². The molecule has 0 aliphatic heterocycles. The fraction of sp³-hybridized carbons (Fsp3) is 0.440. The first-order valence-electron chi connectivity index (χ1n) is 10.9. The summed E-state index contributed by atoms with van der Waals surface area (Å²) in [5.74, 6) is 0.328. The Morgan fingerprint density at radius 3 is 2.48 bits per heavy atom. The van der Waals surface area contributed by atoms with E-state index in [9.17, 15) is 9.59 Å². The highest BCUT2D eigenvalue weighted by Gasteiger charge is 2.28. The van der Waals surface area contributed by atoms with E-state index in [1.807, 2.05) is 44.2 Å². The van der Waals surface area contributed by atoms with Crippen molar-refractivity contribution in [2.24, 2.45) is 0 Å². The van der Waals surface area contributed by atoms with Gasteiger partial charge in [-0.2, -0.15) is 0 Å². The van der Waals surface area contributed by atoms with Gasteiger partial charge in [0.05, 0.1) is 0 Å². The first-order valence-corrected chi connectivity index (χ1v) is 11.3. The fourth-order valence-corrected chi connectivity index (χ4v) is 3.99. The van der Waals surface area contributed by atoms with Crippen LogP contribution in [0.1, 0.15) is 49.3 Å². The van der Waals surface area contributed by atoms with Crippen LogP contribution in [0.2, 0.25) is 5.02 Å². The van der Waals surface area contributed by atoms with Crippen molar-refractivity contribution in [3.8, 4) is 5.75 Å². The molecule has 0 spiro atoms. The van der Waals surface area contributed by atoms with Gasteiger partial charge in [0.15, 0.2) is 6.61 Å². The van der Waals surface area contributed by atoms with E-state index in [1.54, 1.807) is 24.0 Å². The van der Waals surface area contributed by atoms with E-state index in [1.165, 1.54) is 0 Å². The minimum absolute atomic E-state index is 0.124. The van der Waals surface area contributed by atoms with Crippen molar-refractivity contribution in [1.29, 1.82) is 0 Å². The second-order valence-corrected chi connectivity index (χ2v) is 8.74. The van der Waals surface area contributed by atoms with Crippen molar-refractivity contribution < 1.29 is 14.3 Å². The number of carbonyl (C=O) groups excluding carboxylic acids is 2. The summed E-state index contributed by atoms with van der Waals surface area (Å²) in [6.45, 7) is 5.94. The van der Waals surface area contributed by atoms with Crippen LogP contribution in [0.3, 0.4) is 0 Å². The summed E-state index contributed by atoms with van der Waals surface area (Å²) in [5, 5.41) is 3.74. The summed E-state index contributed by atoms with van der Waals surface area (Å²) >= 11 is 6.00. The van der Waals surface area contributed by atoms with Gasteiger partial charge in [0, 0.05) is 17.6 Å². The third kappa shape index (κ3) is 6.23. The average molecular weight is 443 g/mol. The Morgan fingerprint density at radius 2 is 1.81 bits per heavy atom. The molecule has 0 saturated heterocycles. The predicted molar refractivity (Wildman–Crippen MR) is 123 cm³/mol. The molecule has 2 aromatic carbocycles. The molecule has 0 unspecified atom stereocenters. The van der Waals surface area contributed by atoms with Gasteiger partial charge in [-0.15, -0.1) is 0 Å².